The van der Waals surface area contributed by atoms with Crippen LogP contribution >= 0.6 is 11.6 Å². The fourth-order valence-corrected chi connectivity index (χ4v) is 9.68. The van der Waals surface area contributed by atoms with Crippen LogP contribution in [0.4, 0.5) is 23.7 Å². The molecular weight excluding hydrogens is 677 g/mol. The van der Waals surface area contributed by atoms with Crippen LogP contribution in [0, 0.1) is 29.3 Å². The van der Waals surface area contributed by atoms with Gasteiger partial charge >= 0.3 is 6.09 Å². The molecule has 48 heavy (non-hydrogen) atoms. The summed E-state index contributed by atoms with van der Waals surface area (Å²) in [5.41, 5.74) is -2.66. The number of sulfone groups is 1. The normalized spacial score (nSPS) is 27.2. The van der Waals surface area contributed by atoms with Crippen molar-refractivity contribution in [1.29, 1.82) is 0 Å². The van der Waals surface area contributed by atoms with E-state index in [-0.39, 0.29) is 65.6 Å². The van der Waals surface area contributed by atoms with E-state index < -0.39 is 79.7 Å². The van der Waals surface area contributed by atoms with E-state index in [1.807, 2.05) is 0 Å². The number of hydrogen-bond donors (Lipinski definition) is 3. The summed E-state index contributed by atoms with van der Waals surface area (Å²) in [5.74, 6) is -6.86. The zero-order valence-corrected chi connectivity index (χ0v) is 28.2. The Morgan fingerprint density at radius 2 is 1.65 bits per heavy atom. The van der Waals surface area contributed by atoms with Gasteiger partial charge in [0, 0.05) is 36.2 Å². The second-order valence-corrected chi connectivity index (χ2v) is 16.6. The highest BCUT2D eigenvalue weighted by Gasteiger charge is 2.56. The maximum atomic E-state index is 13.9. The van der Waals surface area contributed by atoms with Gasteiger partial charge in [0.25, 0.3) is 5.91 Å². The zero-order chi connectivity index (χ0) is 35.3. The van der Waals surface area contributed by atoms with Crippen LogP contribution < -0.4 is 5.32 Å². The Kier molecular flexibility index (Phi) is 9.97. The van der Waals surface area contributed by atoms with Gasteiger partial charge < -0.3 is 20.3 Å². The Morgan fingerprint density at radius 1 is 1.04 bits per heavy atom. The molecule has 2 bridgehead atoms. The topological polar surface area (TPSA) is 150 Å². The van der Waals surface area contributed by atoms with E-state index in [0.717, 1.165) is 6.07 Å². The van der Waals surface area contributed by atoms with Crippen LogP contribution in [0.15, 0.2) is 35.2 Å². The first kappa shape index (κ1) is 36.1. The molecule has 3 N–H and O–H groups in total. The fraction of sp³-hybridized carbons (Fsp3) is 0.545. The number of ketones is 1. The molecule has 0 radical (unpaired) electrons. The average Bonchev–Trinajstić information content (AvgIpc) is 3.42. The molecule has 2 aromatic rings. The van der Waals surface area contributed by atoms with E-state index in [0.29, 0.717) is 25.0 Å². The minimum Gasteiger partial charge on any atom is -0.444 e. The van der Waals surface area contributed by atoms with Gasteiger partial charge in [0.1, 0.15) is 5.60 Å². The number of fused-ring (bicyclic) bond motifs is 2. The van der Waals surface area contributed by atoms with Gasteiger partial charge in [-0.15, -0.1) is 0 Å². The molecular formula is C33H38ClF3N2O8S. The number of benzene rings is 2. The number of hydrogen-bond acceptors (Lipinski definition) is 8. The van der Waals surface area contributed by atoms with Crippen molar-refractivity contribution >= 4 is 44.9 Å². The van der Waals surface area contributed by atoms with Crippen molar-refractivity contribution in [3.63, 3.8) is 0 Å². The summed E-state index contributed by atoms with van der Waals surface area (Å²) in [6, 6.07) is 3.79. The molecule has 2 aromatic carbocycles. The summed E-state index contributed by atoms with van der Waals surface area (Å²) < 4.78 is 73.8. The molecule has 2 amide bonds. The van der Waals surface area contributed by atoms with E-state index in [4.69, 9.17) is 16.3 Å². The highest BCUT2D eigenvalue weighted by atomic mass is 35.5. The van der Waals surface area contributed by atoms with Gasteiger partial charge in [-0.2, -0.15) is 0 Å². The lowest BCUT2D eigenvalue weighted by Crippen LogP contribution is -2.49. The fourth-order valence-electron chi connectivity index (χ4n) is 7.28. The van der Waals surface area contributed by atoms with E-state index in [1.165, 1.54) is 17.0 Å². The van der Waals surface area contributed by atoms with Crippen LogP contribution in [0.3, 0.4) is 0 Å². The number of rotatable bonds is 8. The van der Waals surface area contributed by atoms with Gasteiger partial charge in [0.15, 0.2) is 33.1 Å². The summed E-state index contributed by atoms with van der Waals surface area (Å²) in [4.78, 5) is 39.8. The summed E-state index contributed by atoms with van der Waals surface area (Å²) in [6.07, 6.45) is -0.335. The van der Waals surface area contributed by atoms with Crippen LogP contribution in [-0.2, 0) is 19.4 Å². The van der Waals surface area contributed by atoms with Crippen LogP contribution in [-0.4, -0.2) is 76.5 Å². The number of ether oxygens (including phenoxy) is 1. The number of anilines is 1. The van der Waals surface area contributed by atoms with Crippen LogP contribution in [0.2, 0.25) is 5.02 Å². The van der Waals surface area contributed by atoms with Crippen molar-refractivity contribution in [3.8, 4) is 0 Å². The lowest BCUT2D eigenvalue weighted by Gasteiger charge is -2.42. The van der Waals surface area contributed by atoms with E-state index >= 15 is 0 Å². The summed E-state index contributed by atoms with van der Waals surface area (Å²) >= 11 is 6.30. The Morgan fingerprint density at radius 3 is 2.23 bits per heavy atom. The largest absolute Gasteiger partial charge is 0.444 e. The number of nitrogens with zero attached hydrogens (tertiary/aromatic N) is 1. The molecule has 1 saturated heterocycles. The van der Waals surface area contributed by atoms with Gasteiger partial charge in [0.2, 0.25) is 0 Å². The minimum absolute atomic E-state index is 0.0465. The molecule has 15 heteroatoms. The third-order valence-electron chi connectivity index (χ3n) is 9.60. The number of carbonyl (C=O) groups is 3. The predicted octanol–water partition coefficient (Wildman–Crippen LogP) is 5.42. The standard InChI is InChI=1S/C33H38ClF3N2O8S/c1-32(2,3)47-31(43)39-16-21(40)15-26(39)27(41)8-9-33(44)18-5-6-19(33)12-22(11-18)48(45,46)28-10-17(4-7-23(28)34)30(42)38-20-13-24(35)29(37)25(36)14-20/h4,7,10,13-14,18-19,21-22,26,40,44H,5-6,8-9,11-12,15-16H2,1-3H3,(H,38,42)/t18-,19?,21+,22?,26-,33?/m0/s1. The minimum atomic E-state index is -4.14. The third kappa shape index (κ3) is 7.22. The molecule has 10 nitrogen and oxygen atoms in total. The zero-order valence-electron chi connectivity index (χ0n) is 26.6. The lowest BCUT2D eigenvalue weighted by molar-refractivity contribution is -0.126. The summed E-state index contributed by atoms with van der Waals surface area (Å²) in [6.45, 7) is 5.04. The van der Waals surface area contributed by atoms with Gasteiger partial charge in [0.05, 0.1) is 39.5 Å². The number of Topliss-reactive ketones (excluding diaryl/α,β-unsaturated/α-hetero) is 1. The molecule has 3 fully saturated rings. The van der Waals surface area contributed by atoms with Crippen molar-refractivity contribution < 1.29 is 50.9 Å². The number of aliphatic hydroxyl groups is 2. The number of carbonyl (C=O) groups excluding carboxylic acids is 3. The molecule has 1 aliphatic heterocycles. The molecule has 3 unspecified atom stereocenters. The maximum absolute atomic E-state index is 13.9. The van der Waals surface area contributed by atoms with Crippen molar-refractivity contribution in [1.82, 2.24) is 4.90 Å². The Hall–Kier alpha value is -3.20. The van der Waals surface area contributed by atoms with Crippen molar-refractivity contribution in [2.45, 2.75) is 99.2 Å². The molecule has 5 rings (SSSR count). The molecule has 0 aromatic heterocycles. The Labute approximate surface area is 281 Å². The molecule has 0 spiro atoms. The number of β-amino-alcohol motifs (C(OH)–C–C–N with tert-alkyl or cyclic N) is 1. The van der Waals surface area contributed by atoms with E-state index in [1.54, 1.807) is 20.8 Å². The molecule has 1 heterocycles. The van der Waals surface area contributed by atoms with Crippen molar-refractivity contribution in [3.05, 3.63) is 58.4 Å². The summed E-state index contributed by atoms with van der Waals surface area (Å²) in [7, 11) is -4.14. The monoisotopic (exact) mass is 714 g/mol. The van der Waals surface area contributed by atoms with Crippen LogP contribution in [0.1, 0.15) is 76.1 Å². The maximum Gasteiger partial charge on any atom is 0.410 e. The Bertz CT molecular complexity index is 1700. The molecule has 3 aliphatic rings. The predicted molar refractivity (Wildman–Crippen MR) is 169 cm³/mol. The number of halogens is 4. The van der Waals surface area contributed by atoms with Crippen LogP contribution in [0.5, 0.6) is 0 Å². The van der Waals surface area contributed by atoms with Gasteiger partial charge in [-0.3, -0.25) is 14.5 Å². The van der Waals surface area contributed by atoms with Crippen molar-refractivity contribution in [2.24, 2.45) is 11.8 Å². The van der Waals surface area contributed by atoms with Crippen LogP contribution in [0.25, 0.3) is 0 Å². The molecule has 2 saturated carbocycles. The summed E-state index contributed by atoms with van der Waals surface area (Å²) in [5, 5.41) is 23.1. The highest BCUT2D eigenvalue weighted by molar-refractivity contribution is 7.92. The van der Waals surface area contributed by atoms with E-state index in [9.17, 15) is 46.2 Å². The smallest absolute Gasteiger partial charge is 0.410 e. The number of nitrogens with one attached hydrogen (secondary N) is 1. The van der Waals surface area contributed by atoms with E-state index in [2.05, 4.69) is 5.32 Å². The van der Waals surface area contributed by atoms with Crippen molar-refractivity contribution in [2.75, 3.05) is 11.9 Å². The van der Waals surface area contributed by atoms with Gasteiger partial charge in [-0.05, 0) is 82.9 Å². The first-order chi connectivity index (χ1) is 22.3. The lowest BCUT2D eigenvalue weighted by atomic mass is 9.71. The van der Waals surface area contributed by atoms with Gasteiger partial charge in [-0.25, -0.2) is 26.4 Å². The first-order valence-electron chi connectivity index (χ1n) is 15.7. The Balaban J connectivity index is 1.27. The molecule has 6 atom stereocenters. The van der Waals surface area contributed by atoms with Gasteiger partial charge in [-0.1, -0.05) is 11.6 Å². The number of aliphatic hydroxyl groups excluding tert-OH is 1. The SMILES string of the molecule is CC(C)(C)OC(=O)N1C[C@H](O)C[C@H]1C(=O)CCC1(O)C2CC[C@H]1CC(S(=O)(=O)c1cc(C(=O)Nc3cc(F)c(F)c(F)c3)ccc1Cl)C2. The number of likely N-dealkylation sites (tertiary alicyclic amines) is 1. The molecule has 262 valence electrons. The average molecular weight is 715 g/mol. The second-order valence-electron chi connectivity index (χ2n) is 14.0. The first-order valence-corrected chi connectivity index (χ1v) is 17.6. The molecule has 2 aliphatic carbocycles. The number of amides is 2. The quantitative estimate of drug-likeness (QED) is 0.307. The highest BCUT2D eigenvalue weighted by Crippen LogP contribution is 2.54. The second kappa shape index (κ2) is 13.3. The third-order valence-corrected chi connectivity index (χ3v) is 12.3.